The lowest BCUT2D eigenvalue weighted by Gasteiger charge is -2.40. The number of rotatable bonds is 6. The molecule has 5 nitrogen and oxygen atoms in total. The van der Waals surface area contributed by atoms with Crippen LogP contribution in [-0.4, -0.2) is 44.4 Å². The van der Waals surface area contributed by atoms with Gasteiger partial charge in [-0.15, -0.1) is 0 Å². The highest BCUT2D eigenvalue weighted by Crippen LogP contribution is 2.31. The largest absolute Gasteiger partial charge is 0.477 e. The minimum Gasteiger partial charge on any atom is -0.477 e. The van der Waals surface area contributed by atoms with Gasteiger partial charge in [-0.05, 0) is 55.2 Å². The highest BCUT2D eigenvalue weighted by Gasteiger charge is 2.35. The molecule has 3 aromatic rings. The Bertz CT molecular complexity index is 1060. The number of nitrogens with zero attached hydrogens (tertiary/aromatic N) is 3. The number of benzene rings is 1. The van der Waals surface area contributed by atoms with Crippen LogP contribution in [0, 0.1) is 18.7 Å². The van der Waals surface area contributed by atoms with E-state index in [9.17, 15) is 9.18 Å². The number of hydrogen-bond acceptors (Lipinski definition) is 4. The van der Waals surface area contributed by atoms with Gasteiger partial charge in [0.25, 0.3) is 5.91 Å². The molecule has 1 aliphatic rings. The molecule has 1 amide bonds. The van der Waals surface area contributed by atoms with E-state index in [4.69, 9.17) is 4.74 Å². The molecule has 1 saturated heterocycles. The third kappa shape index (κ3) is 5.09. The van der Waals surface area contributed by atoms with Gasteiger partial charge in [-0.2, -0.15) is 0 Å². The molecule has 0 radical (unpaired) electrons. The van der Waals surface area contributed by atoms with Crippen molar-refractivity contribution in [2.45, 2.75) is 25.8 Å². The molecule has 1 fully saturated rings. The number of alkyl halides is 1. The molecule has 1 aromatic carbocycles. The summed E-state index contributed by atoms with van der Waals surface area (Å²) in [7, 11) is 0. The average Bonchev–Trinajstić information content (AvgIpc) is 2.83. The molecule has 0 aliphatic carbocycles. The third-order valence-electron chi connectivity index (χ3n) is 5.88. The van der Waals surface area contributed by atoms with Gasteiger partial charge >= 0.3 is 0 Å². The van der Waals surface area contributed by atoms with Crippen molar-refractivity contribution in [1.82, 2.24) is 14.9 Å². The Kier molecular flexibility index (Phi) is 7.34. The van der Waals surface area contributed by atoms with E-state index >= 15 is 0 Å². The summed E-state index contributed by atoms with van der Waals surface area (Å²) >= 11 is 2.35. The van der Waals surface area contributed by atoms with Gasteiger partial charge < -0.3 is 9.64 Å². The number of halogens is 2. The van der Waals surface area contributed by atoms with Gasteiger partial charge in [0.1, 0.15) is 5.82 Å². The van der Waals surface area contributed by atoms with Crippen molar-refractivity contribution in [3.05, 3.63) is 78.0 Å². The molecule has 1 unspecified atom stereocenters. The second-order valence-corrected chi connectivity index (χ2v) is 8.91. The SMILES string of the molecule is Cc1ccc(-c2ccncc2)c(C(=O)N2CCC[C@H](COc3ccc(F)cn3)C2CI)c1. The summed E-state index contributed by atoms with van der Waals surface area (Å²) in [6.07, 6.45) is 6.54. The summed E-state index contributed by atoms with van der Waals surface area (Å²) in [6, 6.07) is 12.8. The van der Waals surface area contributed by atoms with Crippen LogP contribution in [0.3, 0.4) is 0 Å². The highest BCUT2D eigenvalue weighted by atomic mass is 127. The van der Waals surface area contributed by atoms with Crippen LogP contribution in [0.4, 0.5) is 4.39 Å². The van der Waals surface area contributed by atoms with Crippen LogP contribution < -0.4 is 4.74 Å². The van der Waals surface area contributed by atoms with Crippen molar-refractivity contribution in [2.75, 3.05) is 17.6 Å². The molecule has 32 heavy (non-hydrogen) atoms. The minimum atomic E-state index is -0.389. The highest BCUT2D eigenvalue weighted by molar-refractivity contribution is 14.1. The Morgan fingerprint density at radius 1 is 1.22 bits per heavy atom. The molecule has 4 rings (SSSR count). The molecule has 7 heteroatoms. The fraction of sp³-hybridized carbons (Fsp3) is 0.320. The number of carbonyl (C=O) groups excluding carboxylic acids is 1. The smallest absolute Gasteiger partial charge is 0.254 e. The van der Waals surface area contributed by atoms with Crippen LogP contribution in [0.2, 0.25) is 0 Å². The lowest BCUT2D eigenvalue weighted by molar-refractivity contribution is 0.0466. The van der Waals surface area contributed by atoms with E-state index < -0.39 is 0 Å². The topological polar surface area (TPSA) is 55.3 Å². The Labute approximate surface area is 201 Å². The monoisotopic (exact) mass is 545 g/mol. The number of hydrogen-bond donors (Lipinski definition) is 0. The molecule has 2 atom stereocenters. The fourth-order valence-electron chi connectivity index (χ4n) is 4.21. The Morgan fingerprint density at radius 3 is 2.75 bits per heavy atom. The van der Waals surface area contributed by atoms with E-state index in [-0.39, 0.29) is 23.7 Å². The fourth-order valence-corrected chi connectivity index (χ4v) is 5.40. The van der Waals surface area contributed by atoms with E-state index in [1.165, 1.54) is 12.1 Å². The van der Waals surface area contributed by atoms with Gasteiger partial charge in [0.05, 0.1) is 12.8 Å². The quantitative estimate of drug-likeness (QED) is 0.311. The molecule has 1 aliphatic heterocycles. The first-order valence-electron chi connectivity index (χ1n) is 10.7. The summed E-state index contributed by atoms with van der Waals surface area (Å²) in [5, 5.41) is 0. The second-order valence-electron chi connectivity index (χ2n) is 8.03. The minimum absolute atomic E-state index is 0.0479. The van der Waals surface area contributed by atoms with Gasteiger partial charge in [0.2, 0.25) is 5.88 Å². The Morgan fingerprint density at radius 2 is 2.03 bits per heavy atom. The summed E-state index contributed by atoms with van der Waals surface area (Å²) in [5.41, 5.74) is 3.67. The van der Waals surface area contributed by atoms with Crippen LogP contribution in [0.1, 0.15) is 28.8 Å². The molecule has 0 saturated carbocycles. The van der Waals surface area contributed by atoms with Crippen LogP contribution in [0.25, 0.3) is 11.1 Å². The number of likely N-dealkylation sites (tertiary alicyclic amines) is 1. The number of aromatic nitrogens is 2. The first-order chi connectivity index (χ1) is 15.6. The molecular formula is C25H25FIN3O2. The van der Waals surface area contributed by atoms with Gasteiger partial charge in [-0.1, -0.05) is 40.3 Å². The molecular weight excluding hydrogens is 520 g/mol. The molecule has 0 N–H and O–H groups in total. The predicted molar refractivity (Wildman–Crippen MR) is 131 cm³/mol. The zero-order chi connectivity index (χ0) is 22.5. The maximum Gasteiger partial charge on any atom is 0.254 e. The Balaban J connectivity index is 1.56. The number of carbonyl (C=O) groups is 1. The van der Waals surface area contributed by atoms with Gasteiger partial charge in [-0.25, -0.2) is 9.37 Å². The van der Waals surface area contributed by atoms with E-state index in [1.54, 1.807) is 12.4 Å². The molecule has 166 valence electrons. The number of piperidine rings is 1. The van der Waals surface area contributed by atoms with E-state index in [2.05, 4.69) is 32.6 Å². The van der Waals surface area contributed by atoms with E-state index in [0.717, 1.165) is 46.7 Å². The number of amides is 1. The van der Waals surface area contributed by atoms with Crippen molar-refractivity contribution < 1.29 is 13.9 Å². The van der Waals surface area contributed by atoms with Crippen LogP contribution in [-0.2, 0) is 0 Å². The zero-order valence-electron chi connectivity index (χ0n) is 17.9. The van der Waals surface area contributed by atoms with Crippen LogP contribution >= 0.6 is 22.6 Å². The first kappa shape index (κ1) is 22.6. The van der Waals surface area contributed by atoms with Gasteiger partial charge in [0, 0.05) is 47.0 Å². The lowest BCUT2D eigenvalue weighted by Crippen LogP contribution is -2.51. The standard InChI is InChI=1S/C25H25FIN3O2/c1-17-4-6-21(18-8-10-28-11-9-18)22(13-17)25(31)30-12-2-3-19(23(30)14-27)16-32-24-7-5-20(26)15-29-24/h4-11,13,15,19,23H,2-3,12,14,16H2,1H3/t19-,23?/m1/s1. The lowest BCUT2D eigenvalue weighted by atomic mass is 9.89. The normalized spacial score (nSPS) is 18.4. The predicted octanol–water partition coefficient (Wildman–Crippen LogP) is 5.33. The Hall–Kier alpha value is -2.55. The van der Waals surface area contributed by atoms with Gasteiger partial charge in [-0.3, -0.25) is 9.78 Å². The third-order valence-corrected chi connectivity index (χ3v) is 6.78. The van der Waals surface area contributed by atoms with Crippen molar-refractivity contribution in [3.63, 3.8) is 0 Å². The van der Waals surface area contributed by atoms with E-state index in [1.807, 2.05) is 42.2 Å². The number of pyridine rings is 2. The van der Waals surface area contributed by atoms with Crippen molar-refractivity contribution >= 4 is 28.5 Å². The van der Waals surface area contributed by atoms with Crippen molar-refractivity contribution in [3.8, 4) is 17.0 Å². The van der Waals surface area contributed by atoms with Crippen LogP contribution in [0.15, 0.2) is 61.1 Å². The maximum absolute atomic E-state index is 13.8. The van der Waals surface area contributed by atoms with E-state index in [0.29, 0.717) is 18.1 Å². The summed E-state index contributed by atoms with van der Waals surface area (Å²) in [4.78, 5) is 23.9. The molecule has 3 heterocycles. The van der Waals surface area contributed by atoms with Crippen molar-refractivity contribution in [1.29, 1.82) is 0 Å². The van der Waals surface area contributed by atoms with Crippen LogP contribution in [0.5, 0.6) is 5.88 Å². The second kappa shape index (κ2) is 10.4. The number of aryl methyl sites for hydroxylation is 1. The number of ether oxygens (including phenoxy) is 1. The summed E-state index contributed by atoms with van der Waals surface area (Å²) in [5.74, 6) is 0.248. The first-order valence-corrected chi connectivity index (χ1v) is 12.2. The maximum atomic E-state index is 13.8. The molecule has 0 spiro atoms. The molecule has 0 bridgehead atoms. The average molecular weight is 545 g/mol. The molecule has 2 aromatic heterocycles. The zero-order valence-corrected chi connectivity index (χ0v) is 20.0. The van der Waals surface area contributed by atoms with Crippen molar-refractivity contribution in [2.24, 2.45) is 5.92 Å². The summed E-state index contributed by atoms with van der Waals surface area (Å²) < 4.78 is 19.8. The summed E-state index contributed by atoms with van der Waals surface area (Å²) in [6.45, 7) is 3.17. The van der Waals surface area contributed by atoms with Gasteiger partial charge in [0.15, 0.2) is 0 Å².